The van der Waals surface area contributed by atoms with Gasteiger partial charge in [0.1, 0.15) is 28.2 Å². The van der Waals surface area contributed by atoms with Crippen molar-refractivity contribution >= 4 is 47.6 Å². The number of urea groups is 2. The summed E-state index contributed by atoms with van der Waals surface area (Å²) in [6.45, 7) is 13.0. The van der Waals surface area contributed by atoms with Crippen LogP contribution in [0.5, 0.6) is 0 Å². The van der Waals surface area contributed by atoms with Gasteiger partial charge < -0.3 is 53.4 Å². The van der Waals surface area contributed by atoms with Gasteiger partial charge in [0.15, 0.2) is 0 Å². The standard InChI is InChI=1S/C21H25N5O2.C17H20ClN3O2.C10H17BN2O2.2CH3.Pd/c1-15-7-9-19(28-15)14-26(18-5-3-4-6-18)21(27)24-17-8-10-20(22-12-17)16-11-23-25(2)13-16;1-12-6-8-15(23-12)11-21(14-4-2-3-5-14)17(22)20-13-7-9-16(18)19-10-13;1-9(2)10(3,4)15-11(14-9)8-6-12-13(5)7-8;;;/h7-13,18H,3-6,14H2,1-2H3,(H,24,27);6-10,14H,2-5,11H2,1H3,(H,20,22);6-7H,1-5H3;2*1H3;/q;;;2*-1;+2. The van der Waals surface area contributed by atoms with Gasteiger partial charge in [0.25, 0.3) is 0 Å². The molecule has 16 nitrogen and oxygen atoms in total. The van der Waals surface area contributed by atoms with E-state index in [0.29, 0.717) is 29.6 Å². The molecule has 2 aliphatic carbocycles. The fraction of sp³-hybridized carbons (Fsp3) is 0.440. The third-order valence-electron chi connectivity index (χ3n) is 12.5. The summed E-state index contributed by atoms with van der Waals surface area (Å²) in [6, 6.07) is 15.1. The molecule has 2 N–H and O–H groups in total. The molecule has 6 aromatic heterocycles. The number of nitrogens with one attached hydrogen (secondary N) is 2. The Bertz CT molecular complexity index is 2500. The van der Waals surface area contributed by atoms with E-state index in [9.17, 15) is 9.59 Å². The third-order valence-corrected chi connectivity index (χ3v) is 12.8. The van der Waals surface area contributed by atoms with Gasteiger partial charge in [-0.05, 0) is 116 Å². The quantitative estimate of drug-likeness (QED) is 0.0764. The van der Waals surface area contributed by atoms with Gasteiger partial charge >= 0.3 is 39.6 Å². The molecule has 1 aliphatic heterocycles. The Morgan fingerprint density at radius 2 is 1.14 bits per heavy atom. The molecule has 19 heteroatoms. The maximum absolute atomic E-state index is 13.0. The maximum Gasteiger partial charge on any atom is 2.00 e. The minimum Gasteiger partial charge on any atom is -0.464 e. The van der Waals surface area contributed by atoms with E-state index in [2.05, 4.69) is 30.8 Å². The SMILES string of the molecule is Cc1ccc(CN(C(=O)Nc2ccc(-c3cnn(C)c3)nc2)C2CCCC2)o1.Cc1ccc(CN(C(=O)Nc2ccc(Cl)nc2)C2CCCC2)o1.Cn1cc(B2OC(C)(C)C(C)(C)O2)cn1.[CH3-].[CH3-].[Pd+2]. The first-order valence-corrected chi connectivity index (χ1v) is 23.1. The van der Waals surface area contributed by atoms with Crippen LogP contribution in [0.4, 0.5) is 21.0 Å². The summed E-state index contributed by atoms with van der Waals surface area (Å²) < 4.78 is 26.6. The number of pyridine rings is 2. The number of carbonyl (C=O) groups excluding carboxylic acids is 2. The number of rotatable bonds is 10. The number of hydrogen-bond acceptors (Lipinski definition) is 10. The summed E-state index contributed by atoms with van der Waals surface area (Å²) in [4.78, 5) is 37.9. The number of aromatic nitrogens is 6. The van der Waals surface area contributed by atoms with Crippen molar-refractivity contribution in [2.75, 3.05) is 10.6 Å². The second-order valence-electron chi connectivity index (χ2n) is 18.3. The summed E-state index contributed by atoms with van der Waals surface area (Å²) in [5.74, 6) is 3.33. The second kappa shape index (κ2) is 25.0. The Morgan fingerprint density at radius 3 is 1.52 bits per heavy atom. The van der Waals surface area contributed by atoms with E-state index in [-0.39, 0.29) is 77.7 Å². The van der Waals surface area contributed by atoms with Crippen LogP contribution in [0, 0.1) is 28.7 Å². The predicted octanol–water partition coefficient (Wildman–Crippen LogP) is 10.6. The molecule has 4 amide bonds. The van der Waals surface area contributed by atoms with Crippen molar-refractivity contribution < 1.29 is 48.2 Å². The first-order chi connectivity index (χ1) is 31.5. The Hall–Kier alpha value is -5.24. The zero-order chi connectivity index (χ0) is 47.0. The minimum atomic E-state index is -0.302. The van der Waals surface area contributed by atoms with Crippen LogP contribution in [-0.2, 0) is 56.9 Å². The zero-order valence-electron chi connectivity index (χ0n) is 41.6. The van der Waals surface area contributed by atoms with E-state index in [1.807, 2.05) is 114 Å². The van der Waals surface area contributed by atoms with Gasteiger partial charge in [-0.3, -0.25) is 14.3 Å². The van der Waals surface area contributed by atoms with Crippen molar-refractivity contribution in [2.24, 2.45) is 14.1 Å². The smallest absolute Gasteiger partial charge is 0.464 e. The molecule has 0 radical (unpaired) electrons. The molecule has 0 unspecified atom stereocenters. The number of anilines is 2. The Labute approximate surface area is 427 Å². The van der Waals surface area contributed by atoms with Gasteiger partial charge in [-0.15, -0.1) is 0 Å². The molecule has 69 heavy (non-hydrogen) atoms. The molecular weight excluding hydrogens is 989 g/mol. The molecule has 1 saturated heterocycles. The number of hydrogen-bond donors (Lipinski definition) is 2. The fourth-order valence-electron chi connectivity index (χ4n) is 8.21. The summed E-state index contributed by atoms with van der Waals surface area (Å²) in [7, 11) is 3.45. The average Bonchev–Trinajstić information content (AvgIpc) is 4.14. The summed E-state index contributed by atoms with van der Waals surface area (Å²) in [5.41, 5.74) is 3.48. The molecule has 374 valence electrons. The van der Waals surface area contributed by atoms with E-state index in [1.54, 1.807) is 46.3 Å². The first kappa shape index (κ1) is 56.3. The number of nitrogens with zero attached hydrogens (tertiary/aromatic N) is 8. The van der Waals surface area contributed by atoms with Crippen LogP contribution in [0.15, 0.2) is 94.5 Å². The molecular formula is C50H68BClN10O6Pd. The van der Waals surface area contributed by atoms with E-state index in [1.165, 1.54) is 0 Å². The fourth-order valence-corrected chi connectivity index (χ4v) is 8.33. The van der Waals surface area contributed by atoms with Crippen molar-refractivity contribution in [2.45, 2.75) is 129 Å². The Kier molecular flexibility index (Phi) is 20.5. The van der Waals surface area contributed by atoms with Crippen molar-refractivity contribution in [3.8, 4) is 11.3 Å². The third kappa shape index (κ3) is 15.1. The van der Waals surface area contributed by atoms with Crippen molar-refractivity contribution in [3.63, 3.8) is 0 Å². The van der Waals surface area contributed by atoms with Crippen LogP contribution in [-0.4, -0.2) is 81.8 Å². The largest absolute Gasteiger partial charge is 2.00 e. The molecule has 2 saturated carbocycles. The summed E-state index contributed by atoms with van der Waals surface area (Å²) >= 11 is 5.78. The predicted molar refractivity (Wildman–Crippen MR) is 268 cm³/mol. The zero-order valence-corrected chi connectivity index (χ0v) is 43.9. The molecule has 0 aromatic carbocycles. The van der Waals surface area contributed by atoms with Crippen LogP contribution in [0.2, 0.25) is 5.15 Å². The molecule has 3 fully saturated rings. The number of furan rings is 2. The van der Waals surface area contributed by atoms with Gasteiger partial charge in [0.2, 0.25) is 0 Å². The number of halogens is 1. The molecule has 0 spiro atoms. The number of amides is 4. The first-order valence-electron chi connectivity index (χ1n) is 22.7. The molecule has 0 bridgehead atoms. The van der Waals surface area contributed by atoms with Crippen molar-refractivity contribution in [3.05, 3.63) is 129 Å². The van der Waals surface area contributed by atoms with Crippen LogP contribution in [0.1, 0.15) is 102 Å². The van der Waals surface area contributed by atoms with E-state index >= 15 is 0 Å². The van der Waals surface area contributed by atoms with Gasteiger partial charge in [0, 0.05) is 55.8 Å². The average molecular weight is 1060 g/mol. The monoisotopic (exact) mass is 1060 g/mol. The van der Waals surface area contributed by atoms with Gasteiger partial charge in [-0.25, -0.2) is 14.6 Å². The number of aryl methyl sites for hydroxylation is 4. The molecule has 7 heterocycles. The van der Waals surface area contributed by atoms with Crippen molar-refractivity contribution in [1.29, 1.82) is 0 Å². The van der Waals surface area contributed by atoms with Gasteiger partial charge in [-0.2, -0.15) is 10.2 Å². The topological polar surface area (TPSA) is 171 Å². The molecule has 0 atom stereocenters. The minimum absolute atomic E-state index is 0. The maximum atomic E-state index is 13.0. The normalized spacial score (nSPS) is 15.9. The van der Waals surface area contributed by atoms with Crippen LogP contribution < -0.4 is 16.1 Å². The Balaban J connectivity index is 0.000000230. The summed E-state index contributed by atoms with van der Waals surface area (Å²) in [6.07, 6.45) is 19.4. The van der Waals surface area contributed by atoms with Gasteiger partial charge in [-0.1, -0.05) is 37.3 Å². The molecule has 6 aromatic rings. The number of carbonyl (C=O) groups is 2. The van der Waals surface area contributed by atoms with E-state index in [0.717, 1.165) is 91.1 Å². The van der Waals surface area contributed by atoms with Crippen molar-refractivity contribution in [1.82, 2.24) is 39.3 Å². The molecule has 3 aliphatic rings. The Morgan fingerprint density at radius 1 is 0.681 bits per heavy atom. The molecule has 9 rings (SSSR count). The van der Waals surface area contributed by atoms with Gasteiger partial charge in [0.05, 0.1) is 60.0 Å². The van der Waals surface area contributed by atoms with Crippen LogP contribution in [0.3, 0.4) is 0 Å². The second-order valence-corrected chi connectivity index (χ2v) is 18.6. The van der Waals surface area contributed by atoms with E-state index < -0.39 is 0 Å². The van der Waals surface area contributed by atoms with E-state index in [4.69, 9.17) is 29.7 Å². The van der Waals surface area contributed by atoms with Crippen LogP contribution in [0.25, 0.3) is 11.3 Å². The van der Waals surface area contributed by atoms with Crippen LogP contribution >= 0.6 is 11.6 Å². The summed E-state index contributed by atoms with van der Waals surface area (Å²) in [5, 5.41) is 14.6.